The number of ether oxygens (including phenoxy) is 2. The van der Waals surface area contributed by atoms with Gasteiger partial charge in [0.2, 0.25) is 15.9 Å². The Hall–Kier alpha value is -1.68. The number of sulfonamides is 1. The Morgan fingerprint density at radius 2 is 1.96 bits per heavy atom. The second-order valence-corrected chi connectivity index (χ2v) is 9.32. The van der Waals surface area contributed by atoms with E-state index in [1.54, 1.807) is 19.2 Å². The molecule has 1 amide bonds. The number of rotatable bonds is 4. The Bertz CT molecular complexity index is 825. The van der Waals surface area contributed by atoms with E-state index < -0.39 is 10.0 Å². The van der Waals surface area contributed by atoms with Crippen LogP contribution in [0.25, 0.3) is 0 Å². The second kappa shape index (κ2) is 7.98. The fourth-order valence-electron chi connectivity index (χ4n) is 4.43. The van der Waals surface area contributed by atoms with Gasteiger partial charge in [-0.25, -0.2) is 8.42 Å². The van der Waals surface area contributed by atoms with Gasteiger partial charge in [0.25, 0.3) is 0 Å². The summed E-state index contributed by atoms with van der Waals surface area (Å²) < 4.78 is 38.5. The van der Waals surface area contributed by atoms with Crippen LogP contribution in [-0.2, 0) is 24.3 Å². The first-order chi connectivity index (χ1) is 13.5. The van der Waals surface area contributed by atoms with Crippen LogP contribution >= 0.6 is 0 Å². The number of morpholine rings is 1. The SMILES string of the molecule is COCCN1C[C@H]2CC[C@H](C(=O)N3CCOCC3)N2c2ccccc2S1(=O)=O. The number of anilines is 1. The number of carbonyl (C=O) groups is 1. The summed E-state index contributed by atoms with van der Waals surface area (Å²) in [5.41, 5.74) is 0.636. The number of methoxy groups -OCH3 is 1. The average Bonchev–Trinajstić information content (AvgIpc) is 3.10. The van der Waals surface area contributed by atoms with E-state index in [-0.39, 0.29) is 22.9 Å². The first-order valence-electron chi connectivity index (χ1n) is 9.77. The molecule has 4 rings (SSSR count). The number of fused-ring (bicyclic) bond motifs is 3. The largest absolute Gasteiger partial charge is 0.383 e. The predicted octanol–water partition coefficient (Wildman–Crippen LogP) is 0.534. The molecule has 3 aliphatic heterocycles. The third kappa shape index (κ3) is 3.41. The van der Waals surface area contributed by atoms with Crippen molar-refractivity contribution >= 4 is 21.6 Å². The van der Waals surface area contributed by atoms with Crippen LogP contribution in [0, 0.1) is 0 Å². The highest BCUT2D eigenvalue weighted by atomic mass is 32.2. The molecule has 8 nitrogen and oxygen atoms in total. The van der Waals surface area contributed by atoms with Crippen LogP contribution in [0.4, 0.5) is 5.69 Å². The third-order valence-corrected chi connectivity index (χ3v) is 7.74. The normalized spacial score (nSPS) is 27.2. The first kappa shape index (κ1) is 19.6. The zero-order chi connectivity index (χ0) is 19.7. The van der Waals surface area contributed by atoms with Gasteiger partial charge in [-0.1, -0.05) is 12.1 Å². The van der Waals surface area contributed by atoms with Crippen molar-refractivity contribution in [1.29, 1.82) is 0 Å². The van der Waals surface area contributed by atoms with Crippen molar-refractivity contribution in [2.45, 2.75) is 29.8 Å². The van der Waals surface area contributed by atoms with Crippen LogP contribution in [0.5, 0.6) is 0 Å². The van der Waals surface area contributed by atoms with E-state index in [9.17, 15) is 13.2 Å². The Morgan fingerprint density at radius 3 is 2.71 bits per heavy atom. The molecule has 0 aliphatic carbocycles. The standard InChI is InChI=1S/C19H27N3O5S/c1-26-11-10-21-14-15-6-7-17(19(23)20-8-12-27-13-9-20)22(15)16-4-2-3-5-18(16)28(21,24)25/h2-5,15,17H,6-14H2,1H3/t15-,17-/m1/s1. The van der Waals surface area contributed by atoms with Gasteiger partial charge in [-0.15, -0.1) is 0 Å². The summed E-state index contributed by atoms with van der Waals surface area (Å²) in [4.78, 5) is 17.4. The van der Waals surface area contributed by atoms with E-state index >= 15 is 0 Å². The fourth-order valence-corrected chi connectivity index (χ4v) is 6.08. The summed E-state index contributed by atoms with van der Waals surface area (Å²) in [5, 5.41) is 0. The minimum atomic E-state index is -3.64. The smallest absolute Gasteiger partial charge is 0.245 e. The van der Waals surface area contributed by atoms with Crippen LogP contribution in [0.15, 0.2) is 29.2 Å². The van der Waals surface area contributed by atoms with E-state index in [0.717, 1.165) is 12.8 Å². The highest BCUT2D eigenvalue weighted by molar-refractivity contribution is 7.89. The number of hydrogen-bond acceptors (Lipinski definition) is 6. The summed E-state index contributed by atoms with van der Waals surface area (Å²) in [7, 11) is -2.07. The molecular weight excluding hydrogens is 382 g/mol. The van der Waals surface area contributed by atoms with Gasteiger partial charge in [-0.05, 0) is 25.0 Å². The highest BCUT2D eigenvalue weighted by Gasteiger charge is 2.46. The van der Waals surface area contributed by atoms with Gasteiger partial charge in [0.1, 0.15) is 10.9 Å². The number of para-hydroxylation sites is 1. The minimum Gasteiger partial charge on any atom is -0.383 e. The molecule has 0 spiro atoms. The topological polar surface area (TPSA) is 79.4 Å². The Kier molecular flexibility index (Phi) is 5.59. The molecule has 2 saturated heterocycles. The summed E-state index contributed by atoms with van der Waals surface area (Å²) >= 11 is 0. The molecule has 0 radical (unpaired) electrons. The van der Waals surface area contributed by atoms with E-state index in [2.05, 4.69) is 4.90 Å². The van der Waals surface area contributed by atoms with Crippen LogP contribution < -0.4 is 4.90 Å². The van der Waals surface area contributed by atoms with E-state index in [0.29, 0.717) is 51.7 Å². The maximum atomic E-state index is 13.3. The van der Waals surface area contributed by atoms with Gasteiger partial charge in [0.05, 0.1) is 25.5 Å². The van der Waals surface area contributed by atoms with Gasteiger partial charge >= 0.3 is 0 Å². The molecule has 0 bridgehead atoms. The van der Waals surface area contributed by atoms with Crippen LogP contribution in [0.1, 0.15) is 12.8 Å². The summed E-state index contributed by atoms with van der Waals surface area (Å²) in [6.45, 7) is 3.30. The monoisotopic (exact) mass is 409 g/mol. The molecule has 2 atom stereocenters. The molecule has 28 heavy (non-hydrogen) atoms. The van der Waals surface area contributed by atoms with E-state index in [1.165, 1.54) is 4.31 Å². The summed E-state index contributed by atoms with van der Waals surface area (Å²) in [6, 6.07) is 6.68. The number of amides is 1. The zero-order valence-corrected chi connectivity index (χ0v) is 16.9. The number of carbonyl (C=O) groups excluding carboxylic acids is 1. The van der Waals surface area contributed by atoms with Crippen molar-refractivity contribution in [3.8, 4) is 0 Å². The lowest BCUT2D eigenvalue weighted by Crippen LogP contribution is -2.52. The van der Waals surface area contributed by atoms with Crippen molar-refractivity contribution in [1.82, 2.24) is 9.21 Å². The molecule has 2 fully saturated rings. The summed E-state index contributed by atoms with van der Waals surface area (Å²) in [5.74, 6) is 0.0725. The second-order valence-electron chi connectivity index (χ2n) is 7.42. The number of nitrogens with zero attached hydrogens (tertiary/aromatic N) is 3. The van der Waals surface area contributed by atoms with Crippen LogP contribution in [-0.4, -0.2) is 88.7 Å². The molecule has 0 saturated carbocycles. The van der Waals surface area contributed by atoms with Gasteiger partial charge < -0.3 is 19.3 Å². The average molecular weight is 410 g/mol. The van der Waals surface area contributed by atoms with Gasteiger partial charge in [0.15, 0.2) is 0 Å². The Labute approximate surface area is 166 Å². The first-order valence-corrected chi connectivity index (χ1v) is 11.2. The lowest BCUT2D eigenvalue weighted by Gasteiger charge is -2.35. The maximum absolute atomic E-state index is 13.3. The number of benzene rings is 1. The quantitative estimate of drug-likeness (QED) is 0.722. The van der Waals surface area contributed by atoms with Gasteiger partial charge in [0, 0.05) is 39.3 Å². The third-order valence-electron chi connectivity index (χ3n) is 5.83. The highest BCUT2D eigenvalue weighted by Crippen LogP contribution is 2.40. The lowest BCUT2D eigenvalue weighted by molar-refractivity contribution is -0.136. The maximum Gasteiger partial charge on any atom is 0.245 e. The molecule has 0 unspecified atom stereocenters. The summed E-state index contributed by atoms with van der Waals surface area (Å²) in [6.07, 6.45) is 1.52. The van der Waals surface area contributed by atoms with E-state index in [4.69, 9.17) is 9.47 Å². The molecule has 1 aromatic rings. The van der Waals surface area contributed by atoms with Crippen molar-refractivity contribution in [2.24, 2.45) is 0 Å². The molecule has 0 aromatic heterocycles. The zero-order valence-electron chi connectivity index (χ0n) is 16.1. The minimum absolute atomic E-state index is 0.0229. The van der Waals surface area contributed by atoms with Crippen LogP contribution in [0.3, 0.4) is 0 Å². The number of hydrogen-bond donors (Lipinski definition) is 0. The molecule has 3 heterocycles. The molecule has 154 valence electrons. The van der Waals surface area contributed by atoms with Crippen molar-refractivity contribution in [3.63, 3.8) is 0 Å². The lowest BCUT2D eigenvalue weighted by atomic mass is 10.1. The van der Waals surface area contributed by atoms with Gasteiger partial charge in [-0.3, -0.25) is 4.79 Å². The fraction of sp³-hybridized carbons (Fsp3) is 0.632. The van der Waals surface area contributed by atoms with Crippen molar-refractivity contribution < 1.29 is 22.7 Å². The van der Waals surface area contributed by atoms with Crippen LogP contribution in [0.2, 0.25) is 0 Å². The Morgan fingerprint density at radius 1 is 1.21 bits per heavy atom. The molecular formula is C19H27N3O5S. The molecule has 0 N–H and O–H groups in total. The van der Waals surface area contributed by atoms with E-state index in [1.807, 2.05) is 17.0 Å². The Balaban J connectivity index is 1.70. The predicted molar refractivity (Wildman–Crippen MR) is 104 cm³/mol. The molecule has 3 aliphatic rings. The van der Waals surface area contributed by atoms with Crippen molar-refractivity contribution in [2.75, 3.05) is 58.0 Å². The molecule has 9 heteroatoms. The van der Waals surface area contributed by atoms with Crippen molar-refractivity contribution in [3.05, 3.63) is 24.3 Å². The molecule has 1 aromatic carbocycles. The van der Waals surface area contributed by atoms with Gasteiger partial charge in [-0.2, -0.15) is 4.31 Å².